The fourth-order valence-corrected chi connectivity index (χ4v) is 2.94. The maximum Gasteiger partial charge on any atom is 0.291 e. The molecule has 0 unspecified atom stereocenters. The Balaban J connectivity index is 1.75. The number of furan rings is 1. The number of rotatable bonds is 5. The Labute approximate surface area is 151 Å². The molecule has 25 heavy (non-hydrogen) atoms. The van der Waals surface area contributed by atoms with Crippen molar-refractivity contribution in [2.45, 2.75) is 20.5 Å². The van der Waals surface area contributed by atoms with Crippen LogP contribution >= 0.6 is 11.6 Å². The number of ether oxygens (including phenoxy) is 1. The molecular formula is C20H18ClNO3. The molecule has 3 aromatic rings. The number of carbonyl (C=O) groups excluding carboxylic acids is 1. The number of nitrogens with one attached hydrogen (secondary N) is 1. The van der Waals surface area contributed by atoms with Gasteiger partial charge in [-0.15, -0.1) is 0 Å². The molecule has 128 valence electrons. The summed E-state index contributed by atoms with van der Waals surface area (Å²) in [6, 6.07) is 14.9. The van der Waals surface area contributed by atoms with E-state index >= 15 is 0 Å². The standard InChI is InChI=1S/C20H18ClNO3/c1-13-10-14(2)18(17(21)11-13)22-20(23)19-15(8-9-24-19)12-25-16-6-4-3-5-7-16/h3-11H,12H2,1-2H3,(H,22,23). The van der Waals surface area contributed by atoms with Crippen molar-refractivity contribution in [3.63, 3.8) is 0 Å². The van der Waals surface area contributed by atoms with Crippen molar-refractivity contribution in [2.75, 3.05) is 5.32 Å². The Kier molecular flexibility index (Phi) is 5.10. The van der Waals surface area contributed by atoms with Gasteiger partial charge < -0.3 is 14.5 Å². The number of para-hydroxylation sites is 1. The highest BCUT2D eigenvalue weighted by Gasteiger charge is 2.18. The zero-order chi connectivity index (χ0) is 17.8. The van der Waals surface area contributed by atoms with Crippen LogP contribution in [0.4, 0.5) is 5.69 Å². The Bertz CT molecular complexity index is 864. The lowest BCUT2D eigenvalue weighted by molar-refractivity contribution is 0.0993. The van der Waals surface area contributed by atoms with Crippen molar-refractivity contribution < 1.29 is 13.9 Å². The van der Waals surface area contributed by atoms with Gasteiger partial charge in [-0.05, 0) is 49.2 Å². The molecule has 0 fully saturated rings. The summed E-state index contributed by atoms with van der Waals surface area (Å²) in [6.07, 6.45) is 1.47. The summed E-state index contributed by atoms with van der Waals surface area (Å²) in [4.78, 5) is 12.6. The largest absolute Gasteiger partial charge is 0.489 e. The quantitative estimate of drug-likeness (QED) is 0.668. The van der Waals surface area contributed by atoms with Crippen LogP contribution in [0.5, 0.6) is 5.75 Å². The van der Waals surface area contributed by atoms with Crippen LogP contribution < -0.4 is 10.1 Å². The highest BCUT2D eigenvalue weighted by atomic mass is 35.5. The molecule has 1 heterocycles. The number of amides is 1. The normalized spacial score (nSPS) is 10.5. The minimum absolute atomic E-state index is 0.215. The molecule has 1 aromatic heterocycles. The summed E-state index contributed by atoms with van der Waals surface area (Å²) in [5, 5.41) is 3.33. The van der Waals surface area contributed by atoms with Gasteiger partial charge in [-0.2, -0.15) is 0 Å². The van der Waals surface area contributed by atoms with Gasteiger partial charge in [-0.1, -0.05) is 35.9 Å². The minimum atomic E-state index is -0.356. The average molecular weight is 356 g/mol. The molecule has 0 aliphatic heterocycles. The van der Waals surface area contributed by atoms with E-state index in [1.54, 1.807) is 6.07 Å². The Hall–Kier alpha value is -2.72. The lowest BCUT2D eigenvalue weighted by Gasteiger charge is -2.11. The molecule has 3 rings (SSSR count). The number of anilines is 1. The van der Waals surface area contributed by atoms with E-state index in [4.69, 9.17) is 20.8 Å². The van der Waals surface area contributed by atoms with E-state index in [0.717, 1.165) is 16.9 Å². The Morgan fingerprint density at radius 3 is 2.64 bits per heavy atom. The maximum absolute atomic E-state index is 12.6. The minimum Gasteiger partial charge on any atom is -0.489 e. The van der Waals surface area contributed by atoms with Crippen molar-refractivity contribution >= 4 is 23.2 Å². The van der Waals surface area contributed by atoms with Crippen LogP contribution in [0, 0.1) is 13.8 Å². The van der Waals surface area contributed by atoms with Crippen LogP contribution in [-0.4, -0.2) is 5.91 Å². The Morgan fingerprint density at radius 2 is 1.92 bits per heavy atom. The van der Waals surface area contributed by atoms with E-state index in [-0.39, 0.29) is 18.3 Å². The van der Waals surface area contributed by atoms with Gasteiger partial charge in [-0.25, -0.2) is 0 Å². The van der Waals surface area contributed by atoms with Gasteiger partial charge in [0.1, 0.15) is 12.4 Å². The first-order valence-electron chi connectivity index (χ1n) is 7.87. The molecule has 0 atom stereocenters. The van der Waals surface area contributed by atoms with E-state index in [1.165, 1.54) is 6.26 Å². The van der Waals surface area contributed by atoms with Crippen molar-refractivity contribution in [3.05, 3.63) is 82.3 Å². The van der Waals surface area contributed by atoms with Crippen molar-refractivity contribution in [2.24, 2.45) is 0 Å². The van der Waals surface area contributed by atoms with E-state index in [1.807, 2.05) is 56.3 Å². The van der Waals surface area contributed by atoms with Crippen LogP contribution in [0.1, 0.15) is 27.2 Å². The van der Waals surface area contributed by atoms with Gasteiger partial charge in [0.15, 0.2) is 5.76 Å². The summed E-state index contributed by atoms with van der Waals surface area (Å²) in [6.45, 7) is 4.09. The highest BCUT2D eigenvalue weighted by molar-refractivity contribution is 6.34. The molecule has 1 N–H and O–H groups in total. The molecule has 0 saturated carbocycles. The van der Waals surface area contributed by atoms with Gasteiger partial charge in [0.2, 0.25) is 0 Å². The third-order valence-corrected chi connectivity index (χ3v) is 4.06. The predicted molar refractivity (Wildman–Crippen MR) is 98.4 cm³/mol. The van der Waals surface area contributed by atoms with Crippen molar-refractivity contribution in [1.29, 1.82) is 0 Å². The number of aryl methyl sites for hydroxylation is 2. The fraction of sp³-hybridized carbons (Fsp3) is 0.150. The molecule has 4 nitrogen and oxygen atoms in total. The first-order valence-corrected chi connectivity index (χ1v) is 8.24. The maximum atomic E-state index is 12.6. The highest BCUT2D eigenvalue weighted by Crippen LogP contribution is 2.28. The molecule has 0 spiro atoms. The van der Waals surface area contributed by atoms with E-state index in [0.29, 0.717) is 16.3 Å². The molecule has 0 aliphatic rings. The van der Waals surface area contributed by atoms with Crippen LogP contribution in [0.15, 0.2) is 59.2 Å². The molecule has 2 aromatic carbocycles. The van der Waals surface area contributed by atoms with Crippen LogP contribution in [0.3, 0.4) is 0 Å². The fourth-order valence-electron chi connectivity index (χ4n) is 2.57. The Morgan fingerprint density at radius 1 is 1.16 bits per heavy atom. The smallest absolute Gasteiger partial charge is 0.291 e. The van der Waals surface area contributed by atoms with Gasteiger partial charge in [0.25, 0.3) is 5.91 Å². The molecule has 0 saturated heterocycles. The summed E-state index contributed by atoms with van der Waals surface area (Å²) in [5.74, 6) is 0.588. The SMILES string of the molecule is Cc1cc(C)c(NC(=O)c2occc2COc2ccccc2)c(Cl)c1. The lowest BCUT2D eigenvalue weighted by Crippen LogP contribution is -2.15. The second kappa shape index (κ2) is 7.45. The summed E-state index contributed by atoms with van der Waals surface area (Å²) < 4.78 is 11.0. The molecule has 0 bridgehead atoms. The second-order valence-corrected chi connectivity index (χ2v) is 6.18. The summed E-state index contributed by atoms with van der Waals surface area (Å²) in [5.41, 5.74) is 3.19. The van der Waals surface area contributed by atoms with Crippen molar-refractivity contribution in [3.8, 4) is 5.75 Å². The van der Waals surface area contributed by atoms with Crippen LogP contribution in [0.25, 0.3) is 0 Å². The summed E-state index contributed by atoms with van der Waals surface area (Å²) in [7, 11) is 0. The van der Waals surface area contributed by atoms with Gasteiger partial charge >= 0.3 is 0 Å². The zero-order valence-electron chi connectivity index (χ0n) is 14.0. The third-order valence-electron chi connectivity index (χ3n) is 3.76. The number of benzene rings is 2. The van der Waals surface area contributed by atoms with Crippen molar-refractivity contribution in [1.82, 2.24) is 0 Å². The van der Waals surface area contributed by atoms with Crippen LogP contribution in [0.2, 0.25) is 5.02 Å². The zero-order valence-corrected chi connectivity index (χ0v) is 14.8. The first kappa shape index (κ1) is 17.1. The molecule has 0 radical (unpaired) electrons. The van der Waals surface area contributed by atoms with E-state index < -0.39 is 0 Å². The molecule has 5 heteroatoms. The van der Waals surface area contributed by atoms with E-state index in [2.05, 4.69) is 5.32 Å². The van der Waals surface area contributed by atoms with Gasteiger partial charge in [0, 0.05) is 5.56 Å². The second-order valence-electron chi connectivity index (χ2n) is 5.77. The average Bonchev–Trinajstić information content (AvgIpc) is 3.05. The van der Waals surface area contributed by atoms with Gasteiger partial charge in [-0.3, -0.25) is 4.79 Å². The lowest BCUT2D eigenvalue weighted by atomic mass is 10.1. The van der Waals surface area contributed by atoms with Gasteiger partial charge in [0.05, 0.1) is 17.0 Å². The predicted octanol–water partition coefficient (Wildman–Crippen LogP) is 5.38. The summed E-state index contributed by atoms with van der Waals surface area (Å²) >= 11 is 6.25. The number of halogens is 1. The third kappa shape index (κ3) is 4.03. The topological polar surface area (TPSA) is 51.5 Å². The number of carbonyl (C=O) groups is 1. The molecule has 0 aliphatic carbocycles. The number of hydrogen-bond donors (Lipinski definition) is 1. The first-order chi connectivity index (χ1) is 12.0. The van der Waals surface area contributed by atoms with E-state index in [9.17, 15) is 4.79 Å². The van der Waals surface area contributed by atoms with Crippen LogP contribution in [-0.2, 0) is 6.61 Å². The monoisotopic (exact) mass is 355 g/mol. The molecular weight excluding hydrogens is 338 g/mol. The molecule has 1 amide bonds. The number of hydrogen-bond acceptors (Lipinski definition) is 3.